The molecule has 0 aliphatic carbocycles. The summed E-state index contributed by atoms with van der Waals surface area (Å²) in [7, 11) is 1.80. The van der Waals surface area contributed by atoms with E-state index in [-0.39, 0.29) is 5.54 Å². The monoisotopic (exact) mass is 240 g/mol. The molecule has 3 unspecified atom stereocenters. The van der Waals surface area contributed by atoms with Crippen LogP contribution in [0.1, 0.15) is 33.1 Å². The lowest BCUT2D eigenvalue weighted by Crippen LogP contribution is -2.40. The molecule has 17 heavy (non-hydrogen) atoms. The van der Waals surface area contributed by atoms with Crippen LogP contribution < -0.4 is 5.32 Å². The van der Waals surface area contributed by atoms with E-state index in [2.05, 4.69) is 24.1 Å². The van der Waals surface area contributed by atoms with E-state index in [1.807, 2.05) is 0 Å². The van der Waals surface area contributed by atoms with E-state index in [9.17, 15) is 0 Å². The molecule has 0 aromatic heterocycles. The summed E-state index contributed by atoms with van der Waals surface area (Å²) in [5.41, 5.74) is 0.225. The van der Waals surface area contributed by atoms with Crippen molar-refractivity contribution in [3.63, 3.8) is 0 Å². The maximum Gasteiger partial charge on any atom is 0.0641 e. The predicted octanol–water partition coefficient (Wildman–Crippen LogP) is 1.73. The molecule has 3 heteroatoms. The summed E-state index contributed by atoms with van der Waals surface area (Å²) in [6.45, 7) is 10.5. The van der Waals surface area contributed by atoms with E-state index in [4.69, 9.17) is 4.74 Å². The van der Waals surface area contributed by atoms with Crippen LogP contribution in [0.3, 0.4) is 0 Å². The van der Waals surface area contributed by atoms with Crippen molar-refractivity contribution < 1.29 is 4.74 Å². The van der Waals surface area contributed by atoms with Crippen LogP contribution in [0.5, 0.6) is 0 Å². The van der Waals surface area contributed by atoms with Gasteiger partial charge in [0.15, 0.2) is 0 Å². The van der Waals surface area contributed by atoms with Gasteiger partial charge in [0, 0.05) is 19.2 Å². The molecule has 2 rings (SSSR count). The number of ether oxygens (including phenoxy) is 1. The molecule has 0 aromatic carbocycles. The molecule has 2 saturated heterocycles. The Balaban J connectivity index is 1.74. The fourth-order valence-electron chi connectivity index (χ4n) is 3.63. The van der Waals surface area contributed by atoms with Gasteiger partial charge in [0.2, 0.25) is 0 Å². The van der Waals surface area contributed by atoms with Gasteiger partial charge < -0.3 is 15.0 Å². The number of hydrogen-bond donors (Lipinski definition) is 1. The molecule has 3 atom stereocenters. The standard InChI is InChI=1S/C14H28N2O/c1-4-16-6-5-12(10-16)7-13-8-14(2,11-17-3)15-9-13/h12-13,15H,4-11H2,1-3H3. The molecule has 0 spiro atoms. The highest BCUT2D eigenvalue weighted by molar-refractivity contribution is 4.94. The zero-order chi connectivity index (χ0) is 12.3. The SMILES string of the molecule is CCN1CCC(CC2CNC(C)(COC)C2)C1. The molecule has 100 valence electrons. The highest BCUT2D eigenvalue weighted by Gasteiger charge is 2.36. The molecule has 2 fully saturated rings. The van der Waals surface area contributed by atoms with Gasteiger partial charge in [0.25, 0.3) is 0 Å². The Kier molecular flexibility index (Phi) is 4.45. The van der Waals surface area contributed by atoms with E-state index in [1.54, 1.807) is 7.11 Å². The molecule has 0 amide bonds. The number of rotatable bonds is 5. The molecule has 0 bridgehead atoms. The van der Waals surface area contributed by atoms with Crippen LogP contribution in [-0.4, -0.2) is 50.3 Å². The van der Waals surface area contributed by atoms with Gasteiger partial charge >= 0.3 is 0 Å². The summed E-state index contributed by atoms with van der Waals surface area (Å²) in [5.74, 6) is 1.80. The zero-order valence-corrected chi connectivity index (χ0v) is 11.7. The summed E-state index contributed by atoms with van der Waals surface area (Å²) in [4.78, 5) is 2.58. The molecule has 0 radical (unpaired) electrons. The second kappa shape index (κ2) is 5.68. The highest BCUT2D eigenvalue weighted by Crippen LogP contribution is 2.31. The molecule has 0 aromatic rings. The lowest BCUT2D eigenvalue weighted by molar-refractivity contribution is 0.127. The molecular weight excluding hydrogens is 212 g/mol. The number of nitrogens with zero attached hydrogens (tertiary/aromatic N) is 1. The fraction of sp³-hybridized carbons (Fsp3) is 1.00. The van der Waals surface area contributed by atoms with E-state index in [0.717, 1.165) is 18.4 Å². The van der Waals surface area contributed by atoms with Crippen molar-refractivity contribution in [1.29, 1.82) is 0 Å². The lowest BCUT2D eigenvalue weighted by Gasteiger charge is -2.23. The number of nitrogens with one attached hydrogen (secondary N) is 1. The second-order valence-corrected chi connectivity index (χ2v) is 6.23. The molecule has 2 heterocycles. The van der Waals surface area contributed by atoms with Crippen LogP contribution in [0.4, 0.5) is 0 Å². The van der Waals surface area contributed by atoms with E-state index in [1.165, 1.54) is 45.4 Å². The van der Waals surface area contributed by atoms with Crippen LogP contribution in [0.15, 0.2) is 0 Å². The smallest absolute Gasteiger partial charge is 0.0641 e. The van der Waals surface area contributed by atoms with Gasteiger partial charge in [0.05, 0.1) is 6.61 Å². The van der Waals surface area contributed by atoms with Crippen LogP contribution in [0.2, 0.25) is 0 Å². The zero-order valence-electron chi connectivity index (χ0n) is 11.7. The Morgan fingerprint density at radius 3 is 2.88 bits per heavy atom. The first-order chi connectivity index (χ1) is 8.15. The third-order valence-corrected chi connectivity index (χ3v) is 4.50. The summed E-state index contributed by atoms with van der Waals surface area (Å²) in [6.07, 6.45) is 4.09. The molecule has 0 saturated carbocycles. The van der Waals surface area contributed by atoms with Crippen molar-refractivity contribution in [2.75, 3.05) is 39.9 Å². The average molecular weight is 240 g/mol. The maximum absolute atomic E-state index is 5.31. The average Bonchev–Trinajstić information content (AvgIpc) is 2.87. The van der Waals surface area contributed by atoms with Crippen LogP contribution in [0, 0.1) is 11.8 Å². The van der Waals surface area contributed by atoms with Crippen molar-refractivity contribution in [3.05, 3.63) is 0 Å². The van der Waals surface area contributed by atoms with Crippen molar-refractivity contribution in [2.24, 2.45) is 11.8 Å². The van der Waals surface area contributed by atoms with E-state index >= 15 is 0 Å². The van der Waals surface area contributed by atoms with Gasteiger partial charge in [-0.3, -0.25) is 0 Å². The van der Waals surface area contributed by atoms with Crippen molar-refractivity contribution in [2.45, 2.75) is 38.6 Å². The van der Waals surface area contributed by atoms with Crippen LogP contribution in [0.25, 0.3) is 0 Å². The lowest BCUT2D eigenvalue weighted by atomic mass is 9.88. The predicted molar refractivity (Wildman–Crippen MR) is 71.2 cm³/mol. The third-order valence-electron chi connectivity index (χ3n) is 4.50. The molecule has 2 aliphatic heterocycles. The maximum atomic E-state index is 5.31. The first-order valence-corrected chi connectivity index (χ1v) is 7.11. The summed E-state index contributed by atoms with van der Waals surface area (Å²) >= 11 is 0. The van der Waals surface area contributed by atoms with Gasteiger partial charge in [-0.15, -0.1) is 0 Å². The van der Waals surface area contributed by atoms with Gasteiger partial charge in [-0.25, -0.2) is 0 Å². The molecule has 1 N–H and O–H groups in total. The molecule has 3 nitrogen and oxygen atoms in total. The quantitative estimate of drug-likeness (QED) is 0.792. The van der Waals surface area contributed by atoms with Crippen molar-refractivity contribution >= 4 is 0 Å². The first-order valence-electron chi connectivity index (χ1n) is 7.11. The summed E-state index contributed by atoms with van der Waals surface area (Å²) < 4.78 is 5.31. The van der Waals surface area contributed by atoms with Gasteiger partial charge in [-0.05, 0) is 57.7 Å². The Morgan fingerprint density at radius 2 is 2.24 bits per heavy atom. The minimum atomic E-state index is 0.225. The van der Waals surface area contributed by atoms with E-state index in [0.29, 0.717) is 0 Å². The normalized spacial score (nSPS) is 39.0. The Labute approximate surface area is 106 Å². The van der Waals surface area contributed by atoms with Crippen molar-refractivity contribution in [1.82, 2.24) is 10.2 Å². The van der Waals surface area contributed by atoms with Crippen molar-refractivity contribution in [3.8, 4) is 0 Å². The minimum absolute atomic E-state index is 0.225. The molecular formula is C14H28N2O. The topological polar surface area (TPSA) is 24.5 Å². The molecule has 2 aliphatic rings. The van der Waals surface area contributed by atoms with Gasteiger partial charge in [-0.2, -0.15) is 0 Å². The third kappa shape index (κ3) is 3.43. The summed E-state index contributed by atoms with van der Waals surface area (Å²) in [6, 6.07) is 0. The van der Waals surface area contributed by atoms with Crippen LogP contribution >= 0.6 is 0 Å². The first kappa shape index (κ1) is 13.3. The number of methoxy groups -OCH3 is 1. The fourth-order valence-corrected chi connectivity index (χ4v) is 3.63. The number of likely N-dealkylation sites (tertiary alicyclic amines) is 1. The minimum Gasteiger partial charge on any atom is -0.383 e. The van der Waals surface area contributed by atoms with Crippen LogP contribution in [-0.2, 0) is 4.74 Å². The Morgan fingerprint density at radius 1 is 1.41 bits per heavy atom. The highest BCUT2D eigenvalue weighted by atomic mass is 16.5. The number of hydrogen-bond acceptors (Lipinski definition) is 3. The van der Waals surface area contributed by atoms with E-state index < -0.39 is 0 Å². The Hall–Kier alpha value is -0.120. The van der Waals surface area contributed by atoms with Gasteiger partial charge in [-0.1, -0.05) is 6.92 Å². The largest absolute Gasteiger partial charge is 0.383 e. The summed E-state index contributed by atoms with van der Waals surface area (Å²) in [5, 5.41) is 3.64. The Bertz CT molecular complexity index is 246. The van der Waals surface area contributed by atoms with Gasteiger partial charge in [0.1, 0.15) is 0 Å². The second-order valence-electron chi connectivity index (χ2n) is 6.23.